The van der Waals surface area contributed by atoms with Crippen molar-refractivity contribution >= 4 is 0 Å². The van der Waals surface area contributed by atoms with E-state index in [4.69, 9.17) is 5.73 Å². The van der Waals surface area contributed by atoms with Gasteiger partial charge in [0.05, 0.1) is 0 Å². The fourth-order valence-corrected chi connectivity index (χ4v) is 2.74. The average Bonchev–Trinajstić information content (AvgIpc) is 2.30. The molecule has 0 spiro atoms. The molecular formula is C14H21FN2. The maximum Gasteiger partial charge on any atom is 0.123 e. The van der Waals surface area contributed by atoms with Crippen LogP contribution in [0.25, 0.3) is 0 Å². The van der Waals surface area contributed by atoms with Gasteiger partial charge in [-0.3, -0.25) is 4.90 Å². The van der Waals surface area contributed by atoms with Crippen LogP contribution in [0.3, 0.4) is 0 Å². The monoisotopic (exact) mass is 236 g/mol. The van der Waals surface area contributed by atoms with Crippen molar-refractivity contribution in [2.45, 2.75) is 38.3 Å². The molecule has 1 saturated heterocycles. The van der Waals surface area contributed by atoms with Crippen molar-refractivity contribution in [3.8, 4) is 0 Å². The van der Waals surface area contributed by atoms with E-state index in [0.29, 0.717) is 6.04 Å². The molecule has 17 heavy (non-hydrogen) atoms. The average molecular weight is 236 g/mol. The third kappa shape index (κ3) is 3.05. The van der Waals surface area contributed by atoms with E-state index in [9.17, 15) is 4.39 Å². The van der Waals surface area contributed by atoms with Crippen LogP contribution in [0.5, 0.6) is 0 Å². The minimum absolute atomic E-state index is 0.151. The van der Waals surface area contributed by atoms with E-state index in [-0.39, 0.29) is 11.9 Å². The Labute approximate surface area is 103 Å². The first-order chi connectivity index (χ1) is 8.20. The number of piperidine rings is 1. The van der Waals surface area contributed by atoms with Crippen molar-refractivity contribution in [1.29, 1.82) is 0 Å². The number of halogens is 1. The highest BCUT2D eigenvalue weighted by atomic mass is 19.1. The molecule has 0 radical (unpaired) electrons. The van der Waals surface area contributed by atoms with Crippen LogP contribution < -0.4 is 5.73 Å². The van der Waals surface area contributed by atoms with Crippen molar-refractivity contribution in [3.05, 3.63) is 35.6 Å². The SMILES string of the molecule is CCC(c1cccc(F)c1)N1CCCC(N)C1. The molecule has 2 rings (SSSR count). The van der Waals surface area contributed by atoms with Crippen LogP contribution >= 0.6 is 0 Å². The highest BCUT2D eigenvalue weighted by Crippen LogP contribution is 2.27. The van der Waals surface area contributed by atoms with E-state index >= 15 is 0 Å². The number of hydrogen-bond acceptors (Lipinski definition) is 2. The summed E-state index contributed by atoms with van der Waals surface area (Å²) < 4.78 is 13.3. The topological polar surface area (TPSA) is 29.3 Å². The third-order valence-corrected chi connectivity index (χ3v) is 3.55. The van der Waals surface area contributed by atoms with Gasteiger partial charge >= 0.3 is 0 Å². The summed E-state index contributed by atoms with van der Waals surface area (Å²) in [5.74, 6) is -0.151. The van der Waals surface area contributed by atoms with Crippen LogP contribution in [0.4, 0.5) is 4.39 Å². The number of nitrogens with two attached hydrogens (primary N) is 1. The summed E-state index contributed by atoms with van der Waals surface area (Å²) in [4.78, 5) is 2.39. The molecule has 0 bridgehead atoms. The van der Waals surface area contributed by atoms with Crippen LogP contribution in [-0.2, 0) is 0 Å². The normalized spacial score (nSPS) is 23.6. The van der Waals surface area contributed by atoms with Gasteiger partial charge in [0.15, 0.2) is 0 Å². The second-order valence-electron chi connectivity index (χ2n) is 4.88. The fraction of sp³-hybridized carbons (Fsp3) is 0.571. The highest BCUT2D eigenvalue weighted by Gasteiger charge is 2.24. The zero-order valence-electron chi connectivity index (χ0n) is 10.4. The van der Waals surface area contributed by atoms with E-state index < -0.39 is 0 Å². The first kappa shape index (κ1) is 12.5. The fourth-order valence-electron chi connectivity index (χ4n) is 2.74. The van der Waals surface area contributed by atoms with Crippen molar-refractivity contribution in [1.82, 2.24) is 4.90 Å². The summed E-state index contributed by atoms with van der Waals surface area (Å²) in [5.41, 5.74) is 7.08. The lowest BCUT2D eigenvalue weighted by Crippen LogP contribution is -2.44. The van der Waals surface area contributed by atoms with Crippen molar-refractivity contribution in [2.24, 2.45) is 5.73 Å². The molecule has 1 heterocycles. The Bertz CT molecular complexity index is 367. The van der Waals surface area contributed by atoms with Gasteiger partial charge in [0.1, 0.15) is 5.82 Å². The summed E-state index contributed by atoms with van der Waals surface area (Å²) in [6, 6.07) is 7.52. The Morgan fingerprint density at radius 1 is 1.53 bits per heavy atom. The lowest BCUT2D eigenvalue weighted by molar-refractivity contribution is 0.145. The van der Waals surface area contributed by atoms with Crippen LogP contribution in [0, 0.1) is 5.82 Å². The quantitative estimate of drug-likeness (QED) is 0.874. The highest BCUT2D eigenvalue weighted by molar-refractivity contribution is 5.20. The van der Waals surface area contributed by atoms with Gasteiger partial charge in [-0.1, -0.05) is 19.1 Å². The molecule has 0 aliphatic carbocycles. The smallest absolute Gasteiger partial charge is 0.123 e. The van der Waals surface area contributed by atoms with Gasteiger partial charge in [0.2, 0.25) is 0 Å². The van der Waals surface area contributed by atoms with Crippen LogP contribution in [0.1, 0.15) is 37.8 Å². The molecule has 1 fully saturated rings. The minimum atomic E-state index is -0.151. The Hall–Kier alpha value is -0.930. The Balaban J connectivity index is 2.15. The number of hydrogen-bond donors (Lipinski definition) is 1. The number of benzene rings is 1. The zero-order valence-corrected chi connectivity index (χ0v) is 10.4. The molecule has 94 valence electrons. The molecule has 2 unspecified atom stereocenters. The predicted molar refractivity (Wildman–Crippen MR) is 68.2 cm³/mol. The van der Waals surface area contributed by atoms with Gasteiger partial charge in [0.25, 0.3) is 0 Å². The van der Waals surface area contributed by atoms with Crippen molar-refractivity contribution in [2.75, 3.05) is 13.1 Å². The largest absolute Gasteiger partial charge is 0.327 e. The molecule has 0 saturated carbocycles. The van der Waals surface area contributed by atoms with E-state index in [2.05, 4.69) is 11.8 Å². The second-order valence-corrected chi connectivity index (χ2v) is 4.88. The second kappa shape index (κ2) is 5.61. The van der Waals surface area contributed by atoms with Gasteiger partial charge < -0.3 is 5.73 Å². The summed E-state index contributed by atoms with van der Waals surface area (Å²) in [7, 11) is 0. The van der Waals surface area contributed by atoms with E-state index in [0.717, 1.165) is 37.9 Å². The van der Waals surface area contributed by atoms with Gasteiger partial charge in [0, 0.05) is 18.6 Å². The Kier molecular flexibility index (Phi) is 4.13. The zero-order chi connectivity index (χ0) is 12.3. The number of nitrogens with zero attached hydrogens (tertiary/aromatic N) is 1. The van der Waals surface area contributed by atoms with Gasteiger partial charge in [-0.05, 0) is 43.5 Å². The van der Waals surface area contributed by atoms with Crippen molar-refractivity contribution in [3.63, 3.8) is 0 Å². The molecule has 1 aliphatic rings. The first-order valence-corrected chi connectivity index (χ1v) is 6.45. The molecule has 0 amide bonds. The molecule has 1 aromatic carbocycles. The number of rotatable bonds is 3. The lowest BCUT2D eigenvalue weighted by Gasteiger charge is -2.37. The van der Waals surface area contributed by atoms with E-state index in [1.807, 2.05) is 6.07 Å². The number of likely N-dealkylation sites (tertiary alicyclic amines) is 1. The van der Waals surface area contributed by atoms with Crippen LogP contribution in [0.2, 0.25) is 0 Å². The van der Waals surface area contributed by atoms with Gasteiger partial charge in [-0.2, -0.15) is 0 Å². The Morgan fingerprint density at radius 3 is 3.00 bits per heavy atom. The maximum atomic E-state index is 13.3. The predicted octanol–water partition coefficient (Wildman–Crippen LogP) is 2.70. The molecule has 2 nitrogen and oxygen atoms in total. The molecule has 1 aromatic rings. The first-order valence-electron chi connectivity index (χ1n) is 6.45. The van der Waals surface area contributed by atoms with E-state index in [1.165, 1.54) is 6.07 Å². The van der Waals surface area contributed by atoms with Crippen LogP contribution in [-0.4, -0.2) is 24.0 Å². The van der Waals surface area contributed by atoms with Gasteiger partial charge in [-0.15, -0.1) is 0 Å². The Morgan fingerprint density at radius 2 is 2.35 bits per heavy atom. The molecular weight excluding hydrogens is 215 g/mol. The van der Waals surface area contributed by atoms with Crippen LogP contribution in [0.15, 0.2) is 24.3 Å². The lowest BCUT2D eigenvalue weighted by atomic mass is 9.98. The van der Waals surface area contributed by atoms with E-state index in [1.54, 1.807) is 12.1 Å². The summed E-state index contributed by atoms with van der Waals surface area (Å²) in [6.45, 7) is 4.15. The minimum Gasteiger partial charge on any atom is -0.327 e. The summed E-state index contributed by atoms with van der Waals surface area (Å²) >= 11 is 0. The maximum absolute atomic E-state index is 13.3. The molecule has 2 N–H and O–H groups in total. The van der Waals surface area contributed by atoms with Crippen molar-refractivity contribution < 1.29 is 4.39 Å². The summed E-state index contributed by atoms with van der Waals surface area (Å²) in [6.07, 6.45) is 3.25. The molecule has 0 aromatic heterocycles. The molecule has 3 heteroatoms. The third-order valence-electron chi connectivity index (χ3n) is 3.55. The van der Waals surface area contributed by atoms with Gasteiger partial charge in [-0.25, -0.2) is 4.39 Å². The molecule has 2 atom stereocenters. The molecule has 1 aliphatic heterocycles. The standard InChI is InChI=1S/C14H21FN2/c1-2-14(11-5-3-6-12(15)9-11)17-8-4-7-13(16)10-17/h3,5-6,9,13-14H,2,4,7-8,10,16H2,1H3. The summed E-state index contributed by atoms with van der Waals surface area (Å²) in [5, 5.41) is 0.